The van der Waals surface area contributed by atoms with Gasteiger partial charge in [0.25, 0.3) is 0 Å². The lowest BCUT2D eigenvalue weighted by Crippen LogP contribution is -2.34. The first-order valence-electron chi connectivity index (χ1n) is 5.23. The molecule has 104 valence electrons. The molecule has 5 nitrogen and oxygen atoms in total. The van der Waals surface area contributed by atoms with Crippen LogP contribution in [0, 0.1) is 5.92 Å². The van der Waals surface area contributed by atoms with Gasteiger partial charge in [0.15, 0.2) is 0 Å². The third-order valence-electron chi connectivity index (χ3n) is 2.24. The first-order valence-corrected chi connectivity index (χ1v) is 6.37. The van der Waals surface area contributed by atoms with E-state index in [2.05, 4.69) is 10.6 Å². The quantitative estimate of drug-likeness (QED) is 0.793. The van der Waals surface area contributed by atoms with Crippen molar-refractivity contribution in [2.24, 2.45) is 5.92 Å². The van der Waals surface area contributed by atoms with Crippen molar-refractivity contribution in [1.82, 2.24) is 5.32 Å². The van der Waals surface area contributed by atoms with Crippen molar-refractivity contribution in [1.29, 1.82) is 0 Å². The number of carbonyl (C=O) groups is 2. The molecule has 0 radical (unpaired) electrons. The van der Waals surface area contributed by atoms with Crippen LogP contribution in [0.1, 0.15) is 6.92 Å². The monoisotopic (exact) mass is 324 g/mol. The summed E-state index contributed by atoms with van der Waals surface area (Å²) in [7, 11) is 0. The standard InChI is InChI=1S/C11H11Cl3N2O3/c1-5(10(17)18)4-15-11(19)16-9-7(13)2-6(12)3-8(9)14/h2-3,5H,4H2,1H3,(H,17,18)(H2,15,16,19). The van der Waals surface area contributed by atoms with Gasteiger partial charge in [0.05, 0.1) is 21.7 Å². The molecule has 8 heteroatoms. The van der Waals surface area contributed by atoms with Crippen molar-refractivity contribution in [3.63, 3.8) is 0 Å². The van der Waals surface area contributed by atoms with Crippen LogP contribution in [0.5, 0.6) is 0 Å². The second-order valence-electron chi connectivity index (χ2n) is 3.82. The van der Waals surface area contributed by atoms with E-state index in [9.17, 15) is 9.59 Å². The molecule has 3 N–H and O–H groups in total. The first kappa shape index (κ1) is 15.9. The molecule has 1 atom stereocenters. The van der Waals surface area contributed by atoms with Gasteiger partial charge in [-0.05, 0) is 12.1 Å². The Hall–Kier alpha value is -1.17. The highest BCUT2D eigenvalue weighted by Gasteiger charge is 2.14. The molecule has 0 aliphatic carbocycles. The summed E-state index contributed by atoms with van der Waals surface area (Å²) < 4.78 is 0. The molecule has 0 saturated heterocycles. The summed E-state index contributed by atoms with van der Waals surface area (Å²) in [5, 5.41) is 14.2. The van der Waals surface area contributed by atoms with Crippen LogP contribution >= 0.6 is 34.8 Å². The van der Waals surface area contributed by atoms with E-state index in [0.29, 0.717) is 5.02 Å². The van der Waals surface area contributed by atoms with Gasteiger partial charge in [-0.1, -0.05) is 41.7 Å². The van der Waals surface area contributed by atoms with E-state index in [4.69, 9.17) is 39.9 Å². The summed E-state index contributed by atoms with van der Waals surface area (Å²) in [5.41, 5.74) is 0.216. The summed E-state index contributed by atoms with van der Waals surface area (Å²) in [4.78, 5) is 22.2. The molecule has 1 rings (SSSR count). The molecule has 0 bridgehead atoms. The molecule has 1 aromatic carbocycles. The van der Waals surface area contributed by atoms with Gasteiger partial charge in [0.2, 0.25) is 0 Å². The van der Waals surface area contributed by atoms with Crippen LogP contribution in [-0.2, 0) is 4.79 Å². The zero-order valence-electron chi connectivity index (χ0n) is 9.84. The molecule has 19 heavy (non-hydrogen) atoms. The first-order chi connectivity index (χ1) is 8.81. The van der Waals surface area contributed by atoms with E-state index in [0.717, 1.165) is 0 Å². The smallest absolute Gasteiger partial charge is 0.319 e. The van der Waals surface area contributed by atoms with E-state index in [-0.39, 0.29) is 22.3 Å². The lowest BCUT2D eigenvalue weighted by molar-refractivity contribution is -0.140. The van der Waals surface area contributed by atoms with E-state index in [1.54, 1.807) is 0 Å². The molecule has 0 aliphatic heterocycles. The minimum atomic E-state index is -0.997. The van der Waals surface area contributed by atoms with Crippen LogP contribution in [-0.4, -0.2) is 23.7 Å². The fourth-order valence-corrected chi connectivity index (χ4v) is 2.06. The minimum absolute atomic E-state index is 0.00993. The molecule has 1 unspecified atom stereocenters. The van der Waals surface area contributed by atoms with Gasteiger partial charge < -0.3 is 15.7 Å². The summed E-state index contributed by atoms with van der Waals surface area (Å²) in [5.74, 6) is -1.69. The normalized spacial score (nSPS) is 11.8. The Labute approximate surface area is 124 Å². The second kappa shape index (κ2) is 6.84. The number of hydrogen-bond donors (Lipinski definition) is 3. The van der Waals surface area contributed by atoms with Crippen LogP contribution in [0.2, 0.25) is 15.1 Å². The number of halogens is 3. The van der Waals surface area contributed by atoms with E-state index < -0.39 is 17.9 Å². The SMILES string of the molecule is CC(CNC(=O)Nc1c(Cl)cc(Cl)cc1Cl)C(=O)O. The Balaban J connectivity index is 2.65. The van der Waals surface area contributed by atoms with Crippen LogP contribution in [0.25, 0.3) is 0 Å². The predicted octanol–water partition coefficient (Wildman–Crippen LogP) is 3.49. The maximum absolute atomic E-state index is 11.6. The lowest BCUT2D eigenvalue weighted by Gasteiger charge is -2.12. The van der Waals surface area contributed by atoms with Crippen molar-refractivity contribution >= 4 is 52.5 Å². The Morgan fingerprint density at radius 1 is 1.26 bits per heavy atom. The number of amides is 2. The number of carboxylic acid groups (broad SMARTS) is 1. The Kier molecular flexibility index (Phi) is 5.72. The highest BCUT2D eigenvalue weighted by atomic mass is 35.5. The van der Waals surface area contributed by atoms with Gasteiger partial charge in [0.1, 0.15) is 0 Å². The molecular formula is C11H11Cl3N2O3. The second-order valence-corrected chi connectivity index (χ2v) is 5.07. The van der Waals surface area contributed by atoms with Gasteiger partial charge in [-0.15, -0.1) is 0 Å². The molecule has 0 saturated carbocycles. The summed E-state index contributed by atoms with van der Waals surface area (Å²) in [6.07, 6.45) is 0. The van der Waals surface area contributed by atoms with Crippen molar-refractivity contribution in [3.8, 4) is 0 Å². The van der Waals surface area contributed by atoms with Gasteiger partial charge in [-0.25, -0.2) is 4.79 Å². The largest absolute Gasteiger partial charge is 0.481 e. The molecule has 0 aromatic heterocycles. The van der Waals surface area contributed by atoms with Gasteiger partial charge in [-0.2, -0.15) is 0 Å². The van der Waals surface area contributed by atoms with Crippen molar-refractivity contribution in [2.75, 3.05) is 11.9 Å². The van der Waals surface area contributed by atoms with E-state index in [1.165, 1.54) is 19.1 Å². The highest BCUT2D eigenvalue weighted by Crippen LogP contribution is 2.33. The lowest BCUT2D eigenvalue weighted by atomic mass is 10.2. The number of nitrogens with one attached hydrogen (secondary N) is 2. The molecule has 0 spiro atoms. The minimum Gasteiger partial charge on any atom is -0.481 e. The molecule has 0 aliphatic rings. The maximum atomic E-state index is 11.6. The van der Waals surface area contributed by atoms with Gasteiger partial charge in [0, 0.05) is 11.6 Å². The van der Waals surface area contributed by atoms with Crippen LogP contribution in [0.4, 0.5) is 10.5 Å². The Morgan fingerprint density at radius 2 is 1.79 bits per heavy atom. The number of hydrogen-bond acceptors (Lipinski definition) is 2. The summed E-state index contributed by atoms with van der Waals surface area (Å²) in [6.45, 7) is 1.47. The van der Waals surface area contributed by atoms with Crippen molar-refractivity contribution < 1.29 is 14.7 Å². The molecular weight excluding hydrogens is 314 g/mol. The summed E-state index contributed by atoms with van der Waals surface area (Å²) in [6, 6.07) is 2.27. The number of aliphatic carboxylic acids is 1. The van der Waals surface area contributed by atoms with Crippen molar-refractivity contribution in [2.45, 2.75) is 6.92 Å². The van der Waals surface area contributed by atoms with E-state index >= 15 is 0 Å². The number of carbonyl (C=O) groups excluding carboxylic acids is 1. The van der Waals surface area contributed by atoms with Crippen molar-refractivity contribution in [3.05, 3.63) is 27.2 Å². The maximum Gasteiger partial charge on any atom is 0.319 e. The Bertz CT molecular complexity index is 485. The molecule has 1 aromatic rings. The summed E-state index contributed by atoms with van der Waals surface area (Å²) >= 11 is 17.5. The third kappa shape index (κ3) is 4.78. The average Bonchev–Trinajstić information content (AvgIpc) is 2.30. The Morgan fingerprint density at radius 3 is 2.26 bits per heavy atom. The van der Waals surface area contributed by atoms with E-state index in [1.807, 2.05) is 0 Å². The number of benzene rings is 1. The van der Waals surface area contributed by atoms with Crippen LogP contribution in [0.3, 0.4) is 0 Å². The third-order valence-corrected chi connectivity index (χ3v) is 3.05. The fraction of sp³-hybridized carbons (Fsp3) is 0.273. The van der Waals surface area contributed by atoms with Crippen LogP contribution < -0.4 is 10.6 Å². The predicted molar refractivity (Wildman–Crippen MR) is 75.3 cm³/mol. The van der Waals surface area contributed by atoms with Crippen LogP contribution in [0.15, 0.2) is 12.1 Å². The molecule has 0 heterocycles. The molecule has 2 amide bonds. The van der Waals surface area contributed by atoms with Gasteiger partial charge >= 0.3 is 12.0 Å². The number of anilines is 1. The topological polar surface area (TPSA) is 78.4 Å². The number of urea groups is 1. The molecule has 0 fully saturated rings. The number of carboxylic acids is 1. The average molecular weight is 326 g/mol. The van der Waals surface area contributed by atoms with Gasteiger partial charge in [-0.3, -0.25) is 4.79 Å². The highest BCUT2D eigenvalue weighted by molar-refractivity contribution is 6.42. The fourth-order valence-electron chi connectivity index (χ4n) is 1.15. The number of rotatable bonds is 4. The zero-order chi connectivity index (χ0) is 14.6. The zero-order valence-corrected chi connectivity index (χ0v) is 12.1.